The largest absolute Gasteiger partial charge is 0.378 e. The van der Waals surface area contributed by atoms with Gasteiger partial charge < -0.3 is 9.64 Å². The molecule has 2 aromatic carbocycles. The Hall–Kier alpha value is -2.25. The molecular formula is C18H17BrFN3O2. The van der Waals surface area contributed by atoms with Crippen LogP contribution in [0.25, 0.3) is 0 Å². The van der Waals surface area contributed by atoms with Gasteiger partial charge in [-0.1, -0.05) is 28.1 Å². The molecule has 0 aliphatic carbocycles. The van der Waals surface area contributed by atoms with Crippen molar-refractivity contribution in [3.63, 3.8) is 0 Å². The average Bonchev–Trinajstić information content (AvgIpc) is 2.62. The van der Waals surface area contributed by atoms with Crippen LogP contribution in [0.3, 0.4) is 0 Å². The molecule has 7 heteroatoms. The van der Waals surface area contributed by atoms with Crippen LogP contribution in [0.5, 0.6) is 0 Å². The van der Waals surface area contributed by atoms with E-state index in [1.165, 1.54) is 12.3 Å². The summed E-state index contributed by atoms with van der Waals surface area (Å²) in [6.45, 7) is 2.55. The molecule has 1 saturated heterocycles. The van der Waals surface area contributed by atoms with E-state index in [9.17, 15) is 9.18 Å². The van der Waals surface area contributed by atoms with Gasteiger partial charge in [0.15, 0.2) is 0 Å². The van der Waals surface area contributed by atoms with Crippen molar-refractivity contribution in [1.82, 2.24) is 5.43 Å². The van der Waals surface area contributed by atoms with Crippen molar-refractivity contribution >= 4 is 33.7 Å². The molecule has 1 heterocycles. The molecule has 25 heavy (non-hydrogen) atoms. The number of halogens is 2. The van der Waals surface area contributed by atoms with Gasteiger partial charge >= 0.3 is 0 Å². The third kappa shape index (κ3) is 4.64. The Morgan fingerprint density at radius 2 is 2.04 bits per heavy atom. The van der Waals surface area contributed by atoms with Gasteiger partial charge in [0.1, 0.15) is 5.82 Å². The Balaban J connectivity index is 1.63. The molecule has 3 rings (SSSR count). The molecule has 0 radical (unpaired) electrons. The molecule has 0 bridgehead atoms. The monoisotopic (exact) mass is 405 g/mol. The zero-order chi connectivity index (χ0) is 17.6. The highest BCUT2D eigenvalue weighted by Crippen LogP contribution is 2.21. The SMILES string of the molecule is O=C(N/N=C\c1ccc(N2CCOCC2)c(F)c1)c1cccc(Br)c1. The molecule has 5 nitrogen and oxygen atoms in total. The summed E-state index contributed by atoms with van der Waals surface area (Å²) in [6, 6.07) is 11.9. The van der Waals surface area contributed by atoms with Crippen LogP contribution in [-0.2, 0) is 4.74 Å². The summed E-state index contributed by atoms with van der Waals surface area (Å²) in [5, 5.41) is 3.89. The Kier molecular flexibility index (Phi) is 5.78. The fourth-order valence-electron chi connectivity index (χ4n) is 2.52. The van der Waals surface area contributed by atoms with Crippen molar-refractivity contribution < 1.29 is 13.9 Å². The lowest BCUT2D eigenvalue weighted by molar-refractivity contribution is 0.0955. The summed E-state index contributed by atoms with van der Waals surface area (Å²) in [4.78, 5) is 13.9. The van der Waals surface area contributed by atoms with Crippen molar-refractivity contribution in [3.05, 3.63) is 63.9 Å². The van der Waals surface area contributed by atoms with E-state index in [1.54, 1.807) is 30.3 Å². The molecule has 0 atom stereocenters. The molecular weight excluding hydrogens is 389 g/mol. The number of benzene rings is 2. The predicted octanol–water partition coefficient (Wildman–Crippen LogP) is 3.19. The normalized spacial score (nSPS) is 14.7. The summed E-state index contributed by atoms with van der Waals surface area (Å²) < 4.78 is 20.4. The van der Waals surface area contributed by atoms with Gasteiger partial charge in [-0.3, -0.25) is 4.79 Å². The summed E-state index contributed by atoms with van der Waals surface area (Å²) in [5.74, 6) is -0.646. The fourth-order valence-corrected chi connectivity index (χ4v) is 2.92. The van der Waals surface area contributed by atoms with Crippen LogP contribution in [0.2, 0.25) is 0 Å². The van der Waals surface area contributed by atoms with Crippen molar-refractivity contribution in [1.29, 1.82) is 0 Å². The highest BCUT2D eigenvalue weighted by Gasteiger charge is 2.15. The van der Waals surface area contributed by atoms with Gasteiger partial charge in [-0.15, -0.1) is 0 Å². The summed E-state index contributed by atoms with van der Waals surface area (Å²) in [6.07, 6.45) is 1.42. The van der Waals surface area contributed by atoms with Gasteiger partial charge in [-0.25, -0.2) is 9.82 Å². The van der Waals surface area contributed by atoms with Gasteiger partial charge in [-0.2, -0.15) is 5.10 Å². The smallest absolute Gasteiger partial charge is 0.271 e. The van der Waals surface area contributed by atoms with Crippen LogP contribution in [-0.4, -0.2) is 38.4 Å². The lowest BCUT2D eigenvalue weighted by Crippen LogP contribution is -2.36. The van der Waals surface area contributed by atoms with Crippen molar-refractivity contribution in [3.8, 4) is 0 Å². The molecule has 0 spiro atoms. The molecule has 1 fully saturated rings. The Bertz CT molecular complexity index is 792. The number of carbonyl (C=O) groups excluding carboxylic acids is 1. The first kappa shape index (κ1) is 17.6. The maximum absolute atomic E-state index is 14.3. The number of nitrogens with one attached hydrogen (secondary N) is 1. The molecule has 2 aromatic rings. The standard InChI is InChI=1S/C18H17BrFN3O2/c19-15-3-1-2-14(11-15)18(24)22-21-12-13-4-5-17(16(20)10-13)23-6-8-25-9-7-23/h1-5,10-12H,6-9H2,(H,22,24)/b21-12-. The molecule has 1 aliphatic heterocycles. The number of rotatable bonds is 4. The van der Waals surface area contributed by atoms with Crippen LogP contribution in [0, 0.1) is 5.82 Å². The number of morpholine rings is 1. The number of amides is 1. The Morgan fingerprint density at radius 1 is 1.24 bits per heavy atom. The molecule has 0 saturated carbocycles. The van der Waals surface area contributed by atoms with Gasteiger partial charge in [0.25, 0.3) is 5.91 Å². The molecule has 1 amide bonds. The third-order valence-corrected chi connectivity index (χ3v) is 4.28. The molecule has 0 aromatic heterocycles. The first-order valence-electron chi connectivity index (χ1n) is 7.85. The molecule has 0 unspecified atom stereocenters. The second-order valence-electron chi connectivity index (χ2n) is 5.52. The first-order chi connectivity index (χ1) is 12.1. The highest BCUT2D eigenvalue weighted by molar-refractivity contribution is 9.10. The highest BCUT2D eigenvalue weighted by atomic mass is 79.9. The van der Waals surface area contributed by atoms with E-state index in [4.69, 9.17) is 4.74 Å². The van der Waals surface area contributed by atoms with Crippen LogP contribution in [0.15, 0.2) is 52.0 Å². The number of carbonyl (C=O) groups is 1. The lowest BCUT2D eigenvalue weighted by atomic mass is 10.2. The summed E-state index contributed by atoms with van der Waals surface area (Å²) in [5.41, 5.74) is 4.05. The Labute approximate surface area is 153 Å². The van der Waals surface area contributed by atoms with E-state index < -0.39 is 0 Å². The van der Waals surface area contributed by atoms with Crippen LogP contribution >= 0.6 is 15.9 Å². The minimum Gasteiger partial charge on any atom is -0.378 e. The number of hydrogen-bond donors (Lipinski definition) is 1. The van der Waals surface area contributed by atoms with Crippen molar-refractivity contribution in [2.24, 2.45) is 5.10 Å². The minimum atomic E-state index is -0.331. The Morgan fingerprint density at radius 3 is 2.76 bits per heavy atom. The summed E-state index contributed by atoms with van der Waals surface area (Å²) >= 11 is 3.31. The van der Waals surface area contributed by atoms with Crippen LogP contribution in [0.1, 0.15) is 15.9 Å². The number of nitrogens with zero attached hydrogens (tertiary/aromatic N) is 2. The quantitative estimate of drug-likeness (QED) is 0.627. The number of hydrogen-bond acceptors (Lipinski definition) is 4. The van der Waals surface area contributed by atoms with E-state index in [0.29, 0.717) is 43.1 Å². The number of hydrazone groups is 1. The zero-order valence-corrected chi connectivity index (χ0v) is 15.0. The second-order valence-corrected chi connectivity index (χ2v) is 6.44. The van der Waals surface area contributed by atoms with Gasteiger partial charge in [0.2, 0.25) is 0 Å². The zero-order valence-electron chi connectivity index (χ0n) is 13.4. The summed E-state index contributed by atoms with van der Waals surface area (Å²) in [7, 11) is 0. The lowest BCUT2D eigenvalue weighted by Gasteiger charge is -2.29. The van der Waals surface area contributed by atoms with Crippen molar-refractivity contribution in [2.75, 3.05) is 31.2 Å². The number of anilines is 1. The van der Waals surface area contributed by atoms with Gasteiger partial charge in [0.05, 0.1) is 25.1 Å². The molecule has 1 aliphatic rings. The van der Waals surface area contributed by atoms with Crippen LogP contribution in [0.4, 0.5) is 10.1 Å². The van der Waals surface area contributed by atoms with Crippen molar-refractivity contribution in [2.45, 2.75) is 0 Å². The average molecular weight is 406 g/mol. The van der Waals surface area contributed by atoms with E-state index >= 15 is 0 Å². The second kappa shape index (κ2) is 8.22. The first-order valence-corrected chi connectivity index (χ1v) is 8.64. The van der Waals surface area contributed by atoms with Crippen LogP contribution < -0.4 is 10.3 Å². The maximum atomic E-state index is 14.3. The number of ether oxygens (including phenoxy) is 1. The van der Waals surface area contributed by atoms with E-state index in [-0.39, 0.29) is 11.7 Å². The van der Waals surface area contributed by atoms with E-state index in [2.05, 4.69) is 26.5 Å². The molecule has 1 N–H and O–H groups in total. The third-order valence-electron chi connectivity index (χ3n) is 3.79. The predicted molar refractivity (Wildman–Crippen MR) is 98.6 cm³/mol. The van der Waals surface area contributed by atoms with Gasteiger partial charge in [0, 0.05) is 23.1 Å². The maximum Gasteiger partial charge on any atom is 0.271 e. The van der Waals surface area contributed by atoms with E-state index in [1.807, 2.05) is 11.0 Å². The minimum absolute atomic E-state index is 0.316. The van der Waals surface area contributed by atoms with Gasteiger partial charge in [-0.05, 0) is 35.9 Å². The fraction of sp³-hybridized carbons (Fsp3) is 0.222. The topological polar surface area (TPSA) is 53.9 Å². The molecule has 130 valence electrons. The van der Waals surface area contributed by atoms with E-state index in [0.717, 1.165) is 4.47 Å².